The second kappa shape index (κ2) is 4.76. The summed E-state index contributed by atoms with van der Waals surface area (Å²) in [5.41, 5.74) is -0.0882. The fourth-order valence-corrected chi connectivity index (χ4v) is 1.24. The fourth-order valence-electron chi connectivity index (χ4n) is 1.10. The van der Waals surface area contributed by atoms with Crippen molar-refractivity contribution in [2.45, 2.75) is 0 Å². The maximum atomic E-state index is 13.1. The minimum atomic E-state index is -0.722. The lowest BCUT2D eigenvalue weighted by Crippen LogP contribution is -2.05. The normalized spacial score (nSPS) is 9.47. The van der Waals surface area contributed by atoms with Gasteiger partial charge in [-0.2, -0.15) is 5.26 Å². The molecule has 1 aromatic carbocycles. The maximum Gasteiger partial charge on any atom is 0.181 e. The van der Waals surface area contributed by atoms with E-state index < -0.39 is 11.6 Å². The first-order valence-electron chi connectivity index (χ1n) is 4.00. The summed E-state index contributed by atoms with van der Waals surface area (Å²) < 4.78 is 18.0. The molecule has 3 nitrogen and oxygen atoms in total. The highest BCUT2D eigenvalue weighted by molar-refractivity contribution is 6.30. The van der Waals surface area contributed by atoms with Gasteiger partial charge in [-0.15, -0.1) is 11.6 Å². The molecule has 15 heavy (non-hydrogen) atoms. The van der Waals surface area contributed by atoms with E-state index in [0.29, 0.717) is 0 Å². The monoisotopic (exact) mass is 227 g/mol. The molecule has 5 heteroatoms. The first-order chi connectivity index (χ1) is 7.13. The van der Waals surface area contributed by atoms with E-state index in [0.717, 1.165) is 12.1 Å². The highest BCUT2D eigenvalue weighted by atomic mass is 35.5. The SMILES string of the molecule is COc1cc(F)c(C#N)cc1C(=O)CCl. The van der Waals surface area contributed by atoms with Crippen molar-refractivity contribution < 1.29 is 13.9 Å². The van der Waals surface area contributed by atoms with Crippen molar-refractivity contribution in [1.29, 1.82) is 5.26 Å². The third-order valence-corrected chi connectivity index (χ3v) is 2.07. The minimum absolute atomic E-state index is 0.0807. The number of Topliss-reactive ketones (excluding diaryl/α,β-unsaturated/α-hetero) is 1. The van der Waals surface area contributed by atoms with E-state index in [9.17, 15) is 9.18 Å². The second-order valence-corrected chi connectivity index (χ2v) is 2.97. The second-order valence-electron chi connectivity index (χ2n) is 2.70. The van der Waals surface area contributed by atoms with Crippen LogP contribution >= 0.6 is 11.6 Å². The van der Waals surface area contributed by atoms with E-state index in [1.165, 1.54) is 7.11 Å². The zero-order valence-corrected chi connectivity index (χ0v) is 8.64. The van der Waals surface area contributed by atoms with Gasteiger partial charge in [0.05, 0.1) is 24.1 Å². The van der Waals surface area contributed by atoms with Crippen molar-refractivity contribution in [2.24, 2.45) is 0 Å². The van der Waals surface area contributed by atoms with Crippen molar-refractivity contribution in [3.8, 4) is 11.8 Å². The smallest absolute Gasteiger partial charge is 0.181 e. The average molecular weight is 228 g/mol. The molecule has 0 amide bonds. The Labute approximate surface area is 91.0 Å². The lowest BCUT2D eigenvalue weighted by atomic mass is 10.1. The Balaban J connectivity index is 3.36. The molecule has 0 radical (unpaired) electrons. The summed E-state index contributed by atoms with van der Waals surface area (Å²) in [4.78, 5) is 11.3. The van der Waals surface area contributed by atoms with Crippen LogP contribution in [0.3, 0.4) is 0 Å². The van der Waals surface area contributed by atoms with Crippen LogP contribution in [-0.2, 0) is 0 Å². The van der Waals surface area contributed by atoms with Gasteiger partial charge in [0.1, 0.15) is 17.6 Å². The predicted molar refractivity (Wildman–Crippen MR) is 52.7 cm³/mol. The number of ketones is 1. The van der Waals surface area contributed by atoms with Crippen molar-refractivity contribution in [1.82, 2.24) is 0 Å². The Morgan fingerprint density at radius 3 is 2.80 bits per heavy atom. The molecule has 0 bridgehead atoms. The molecule has 1 rings (SSSR count). The summed E-state index contributed by atoms with van der Waals surface area (Å²) in [5, 5.41) is 8.59. The summed E-state index contributed by atoms with van der Waals surface area (Å²) in [6, 6.07) is 3.78. The molecule has 0 aliphatic carbocycles. The van der Waals surface area contributed by atoms with E-state index in [4.69, 9.17) is 21.6 Å². The fraction of sp³-hybridized carbons (Fsp3) is 0.200. The molecule has 0 fully saturated rings. The van der Waals surface area contributed by atoms with E-state index in [-0.39, 0.29) is 22.8 Å². The highest BCUT2D eigenvalue weighted by Crippen LogP contribution is 2.23. The van der Waals surface area contributed by atoms with E-state index in [1.807, 2.05) is 0 Å². The van der Waals surface area contributed by atoms with Gasteiger partial charge in [0, 0.05) is 6.07 Å². The van der Waals surface area contributed by atoms with Crippen molar-refractivity contribution >= 4 is 17.4 Å². The maximum absolute atomic E-state index is 13.1. The van der Waals surface area contributed by atoms with E-state index >= 15 is 0 Å². The van der Waals surface area contributed by atoms with Gasteiger partial charge < -0.3 is 4.74 Å². The van der Waals surface area contributed by atoms with Crippen LogP contribution in [0.5, 0.6) is 5.75 Å². The Hall–Kier alpha value is -1.60. The van der Waals surface area contributed by atoms with Crippen LogP contribution in [0.1, 0.15) is 15.9 Å². The first-order valence-corrected chi connectivity index (χ1v) is 4.54. The molecule has 0 saturated carbocycles. The van der Waals surface area contributed by atoms with Gasteiger partial charge in [-0.1, -0.05) is 0 Å². The summed E-state index contributed by atoms with van der Waals surface area (Å²) in [6.45, 7) is 0. The molecular weight excluding hydrogens is 221 g/mol. The number of rotatable bonds is 3. The highest BCUT2D eigenvalue weighted by Gasteiger charge is 2.15. The van der Waals surface area contributed by atoms with Gasteiger partial charge in [-0.25, -0.2) is 4.39 Å². The Morgan fingerprint density at radius 2 is 2.33 bits per heavy atom. The topological polar surface area (TPSA) is 50.1 Å². The molecule has 0 aromatic heterocycles. The van der Waals surface area contributed by atoms with E-state index in [2.05, 4.69) is 0 Å². The van der Waals surface area contributed by atoms with Gasteiger partial charge in [-0.3, -0.25) is 4.79 Å². The molecule has 0 saturated heterocycles. The Bertz CT molecular complexity index is 440. The van der Waals surface area contributed by atoms with Crippen molar-refractivity contribution in [3.05, 3.63) is 29.1 Å². The van der Waals surface area contributed by atoms with Crippen LogP contribution in [0.4, 0.5) is 4.39 Å². The van der Waals surface area contributed by atoms with Crippen LogP contribution in [-0.4, -0.2) is 18.8 Å². The third-order valence-electron chi connectivity index (χ3n) is 1.83. The number of hydrogen-bond donors (Lipinski definition) is 0. The molecule has 1 aromatic rings. The summed E-state index contributed by atoms with van der Waals surface area (Å²) in [6.07, 6.45) is 0. The number of alkyl halides is 1. The molecular formula is C10H7ClFNO2. The molecule has 0 spiro atoms. The number of carbonyl (C=O) groups is 1. The largest absolute Gasteiger partial charge is 0.496 e. The number of halogens is 2. The summed E-state index contributed by atoms with van der Waals surface area (Å²) in [7, 11) is 1.31. The molecule has 0 N–H and O–H groups in total. The molecule has 0 atom stereocenters. The minimum Gasteiger partial charge on any atom is -0.496 e. The summed E-state index contributed by atoms with van der Waals surface area (Å²) in [5.74, 6) is -1.30. The van der Waals surface area contributed by atoms with Crippen LogP contribution in [0.25, 0.3) is 0 Å². The number of carbonyl (C=O) groups excluding carboxylic acids is 1. The number of nitriles is 1. The number of nitrogens with zero attached hydrogens (tertiary/aromatic N) is 1. The van der Waals surface area contributed by atoms with Crippen LogP contribution in [0.2, 0.25) is 0 Å². The van der Waals surface area contributed by atoms with Crippen LogP contribution in [0, 0.1) is 17.1 Å². The molecule has 78 valence electrons. The molecule has 0 aliphatic rings. The first kappa shape index (κ1) is 11.5. The number of methoxy groups -OCH3 is 1. The standard InChI is InChI=1S/C10H7ClFNO2/c1-15-10-3-8(12)6(5-13)2-7(10)9(14)4-11/h2-3H,4H2,1H3. The molecule has 0 unspecified atom stereocenters. The van der Waals surface area contributed by atoms with Crippen molar-refractivity contribution in [2.75, 3.05) is 13.0 Å². The van der Waals surface area contributed by atoms with Crippen LogP contribution < -0.4 is 4.74 Å². The molecule has 0 heterocycles. The van der Waals surface area contributed by atoms with Crippen LogP contribution in [0.15, 0.2) is 12.1 Å². The van der Waals surface area contributed by atoms with Crippen molar-refractivity contribution in [3.63, 3.8) is 0 Å². The van der Waals surface area contributed by atoms with Gasteiger partial charge in [0.2, 0.25) is 0 Å². The third kappa shape index (κ3) is 2.25. The predicted octanol–water partition coefficient (Wildman–Crippen LogP) is 2.13. The lowest BCUT2D eigenvalue weighted by molar-refractivity contribution is 0.101. The van der Waals surface area contributed by atoms with Gasteiger partial charge >= 0.3 is 0 Å². The van der Waals surface area contributed by atoms with E-state index in [1.54, 1.807) is 6.07 Å². The number of hydrogen-bond acceptors (Lipinski definition) is 3. The average Bonchev–Trinajstić information content (AvgIpc) is 2.27. The number of ether oxygens (including phenoxy) is 1. The number of benzene rings is 1. The van der Waals surface area contributed by atoms with Gasteiger partial charge in [0.25, 0.3) is 0 Å². The van der Waals surface area contributed by atoms with Gasteiger partial charge in [0.15, 0.2) is 5.78 Å². The molecule has 0 aliphatic heterocycles. The zero-order valence-electron chi connectivity index (χ0n) is 7.88. The zero-order chi connectivity index (χ0) is 11.4. The Morgan fingerprint density at radius 1 is 1.67 bits per heavy atom. The van der Waals surface area contributed by atoms with Gasteiger partial charge in [-0.05, 0) is 6.07 Å². The lowest BCUT2D eigenvalue weighted by Gasteiger charge is -2.06. The Kier molecular flexibility index (Phi) is 3.64. The quantitative estimate of drug-likeness (QED) is 0.587. The summed E-state index contributed by atoms with van der Waals surface area (Å²) >= 11 is 5.37.